The Morgan fingerprint density at radius 3 is 3.12 bits per heavy atom. The van der Waals surface area contributed by atoms with E-state index < -0.39 is 5.69 Å². The van der Waals surface area contributed by atoms with Gasteiger partial charge in [0.2, 0.25) is 5.91 Å². The second-order valence-corrected chi connectivity index (χ2v) is 5.92. The molecule has 9 nitrogen and oxygen atoms in total. The van der Waals surface area contributed by atoms with E-state index in [0.717, 1.165) is 0 Å². The Hall–Kier alpha value is -3.49. The fourth-order valence-corrected chi connectivity index (χ4v) is 2.97. The first-order valence-corrected chi connectivity index (χ1v) is 8.13. The number of aromatic amines is 2. The van der Waals surface area contributed by atoms with Crippen LogP contribution in [0.3, 0.4) is 0 Å². The Balaban J connectivity index is 1.68. The molecule has 1 saturated heterocycles. The summed E-state index contributed by atoms with van der Waals surface area (Å²) < 4.78 is 6.12. The lowest BCUT2D eigenvalue weighted by molar-refractivity contribution is -0.125. The highest BCUT2D eigenvalue weighted by Gasteiger charge is 2.27. The van der Waals surface area contributed by atoms with Crippen molar-refractivity contribution in [1.29, 1.82) is 0 Å². The number of ether oxygens (including phenoxy) is 1. The van der Waals surface area contributed by atoms with Crippen molar-refractivity contribution in [2.75, 3.05) is 13.1 Å². The van der Waals surface area contributed by atoms with Crippen molar-refractivity contribution in [3.05, 3.63) is 47.5 Å². The molecule has 0 aliphatic carbocycles. The van der Waals surface area contributed by atoms with Gasteiger partial charge in [-0.3, -0.25) is 14.8 Å². The summed E-state index contributed by atoms with van der Waals surface area (Å²) in [6.07, 6.45) is 3.52. The van der Waals surface area contributed by atoms with Crippen LogP contribution in [-0.4, -0.2) is 55.1 Å². The van der Waals surface area contributed by atoms with Crippen LogP contribution in [0, 0.1) is 0 Å². The number of pyridine rings is 2. The first-order chi connectivity index (χ1) is 12.6. The van der Waals surface area contributed by atoms with Crippen molar-refractivity contribution in [1.82, 2.24) is 30.0 Å². The van der Waals surface area contributed by atoms with Gasteiger partial charge in [-0.05, 0) is 18.2 Å². The molecule has 1 amide bonds. The van der Waals surface area contributed by atoms with Crippen LogP contribution < -0.4 is 10.4 Å². The van der Waals surface area contributed by atoms with E-state index in [9.17, 15) is 9.59 Å². The predicted molar refractivity (Wildman–Crippen MR) is 93.6 cm³/mol. The Morgan fingerprint density at radius 1 is 1.46 bits per heavy atom. The first kappa shape index (κ1) is 16.0. The van der Waals surface area contributed by atoms with E-state index >= 15 is 0 Å². The third-order valence-electron chi connectivity index (χ3n) is 4.20. The third-order valence-corrected chi connectivity index (χ3v) is 4.20. The van der Waals surface area contributed by atoms with E-state index in [2.05, 4.69) is 31.7 Å². The van der Waals surface area contributed by atoms with E-state index in [4.69, 9.17) is 4.74 Å². The number of amides is 1. The molecule has 0 spiro atoms. The first-order valence-electron chi connectivity index (χ1n) is 8.13. The largest absolute Gasteiger partial charge is 0.486 e. The molecule has 2 N–H and O–H groups in total. The number of nitrogens with one attached hydrogen (secondary N) is 2. The number of rotatable bonds is 4. The van der Waals surface area contributed by atoms with Gasteiger partial charge in [-0.15, -0.1) is 0 Å². The zero-order valence-electron chi connectivity index (χ0n) is 13.8. The highest BCUT2D eigenvalue weighted by atomic mass is 16.5. The number of likely N-dealkylation sites (tertiary alicyclic amines) is 1. The maximum atomic E-state index is 11.8. The van der Waals surface area contributed by atoms with Crippen molar-refractivity contribution in [2.45, 2.75) is 12.5 Å². The second kappa shape index (κ2) is 6.43. The fourth-order valence-electron chi connectivity index (χ4n) is 2.97. The average Bonchev–Trinajstić information content (AvgIpc) is 3.30. The van der Waals surface area contributed by atoms with Crippen LogP contribution in [0.25, 0.3) is 22.6 Å². The Kier molecular flexibility index (Phi) is 3.96. The molecule has 0 aromatic carbocycles. The van der Waals surface area contributed by atoms with Crippen molar-refractivity contribution < 1.29 is 9.53 Å². The average molecular weight is 352 g/mol. The third kappa shape index (κ3) is 2.94. The molecule has 0 bridgehead atoms. The van der Waals surface area contributed by atoms with Crippen LogP contribution in [0.4, 0.5) is 0 Å². The van der Waals surface area contributed by atoms with E-state index in [1.165, 1.54) is 6.08 Å². The van der Waals surface area contributed by atoms with Gasteiger partial charge in [-0.25, -0.2) is 14.9 Å². The second-order valence-electron chi connectivity index (χ2n) is 5.92. The van der Waals surface area contributed by atoms with Crippen LogP contribution in [0.5, 0.6) is 5.75 Å². The number of carbonyl (C=O) groups is 1. The van der Waals surface area contributed by atoms with Crippen LogP contribution in [0.1, 0.15) is 6.42 Å². The van der Waals surface area contributed by atoms with E-state index in [0.29, 0.717) is 47.8 Å². The minimum Gasteiger partial charge on any atom is -0.486 e. The summed E-state index contributed by atoms with van der Waals surface area (Å²) in [6, 6.07) is 5.28. The van der Waals surface area contributed by atoms with E-state index in [1.54, 1.807) is 23.2 Å². The monoisotopic (exact) mass is 352 g/mol. The summed E-state index contributed by atoms with van der Waals surface area (Å²) in [4.78, 5) is 36.2. The number of hydrogen-bond acceptors (Lipinski definition) is 6. The summed E-state index contributed by atoms with van der Waals surface area (Å²) in [5.74, 6) is 0.747. The minimum absolute atomic E-state index is 0.108. The van der Waals surface area contributed by atoms with Crippen molar-refractivity contribution in [3.63, 3.8) is 0 Å². The van der Waals surface area contributed by atoms with Gasteiger partial charge in [0.25, 0.3) is 0 Å². The Labute approximate surface area is 147 Å². The highest BCUT2D eigenvalue weighted by Crippen LogP contribution is 2.29. The summed E-state index contributed by atoms with van der Waals surface area (Å²) >= 11 is 0. The zero-order chi connectivity index (χ0) is 18.1. The fraction of sp³-hybridized carbons (Fsp3) is 0.235. The molecule has 3 aromatic heterocycles. The van der Waals surface area contributed by atoms with Gasteiger partial charge < -0.3 is 9.64 Å². The summed E-state index contributed by atoms with van der Waals surface area (Å²) in [7, 11) is 0. The van der Waals surface area contributed by atoms with Gasteiger partial charge in [0, 0.05) is 25.2 Å². The van der Waals surface area contributed by atoms with Crippen molar-refractivity contribution >= 4 is 16.9 Å². The number of carbonyl (C=O) groups excluding carboxylic acids is 1. The van der Waals surface area contributed by atoms with Gasteiger partial charge in [0.1, 0.15) is 23.1 Å². The van der Waals surface area contributed by atoms with Gasteiger partial charge in [-0.1, -0.05) is 6.58 Å². The summed E-state index contributed by atoms with van der Waals surface area (Å²) in [5.41, 5.74) is 1.30. The smallest absolute Gasteiger partial charge is 0.340 e. The minimum atomic E-state index is -0.412. The van der Waals surface area contributed by atoms with Gasteiger partial charge in [-0.2, -0.15) is 5.10 Å². The molecule has 26 heavy (non-hydrogen) atoms. The predicted octanol–water partition coefficient (Wildman–Crippen LogP) is 0.874. The lowest BCUT2D eigenvalue weighted by Crippen LogP contribution is -2.29. The molecule has 1 atom stereocenters. The van der Waals surface area contributed by atoms with Gasteiger partial charge >= 0.3 is 5.69 Å². The topological polar surface area (TPSA) is 117 Å². The van der Waals surface area contributed by atoms with E-state index in [1.807, 2.05) is 6.07 Å². The Bertz CT molecular complexity index is 1040. The molecule has 1 aliphatic heterocycles. The van der Waals surface area contributed by atoms with E-state index in [-0.39, 0.29) is 12.0 Å². The molecule has 1 fully saturated rings. The molecule has 0 saturated carbocycles. The standard InChI is InChI=1S/C17H16N6O3/c1-2-14(24)23-7-5-10(9-23)26-13-8-12(16-20-17(25)22-21-16)19-11-4-3-6-18-15(11)13/h2-4,6,8,10H,1,5,7,9H2,(H2,20,21,22,25). The number of aromatic nitrogens is 5. The molecule has 3 aromatic rings. The molecule has 1 unspecified atom stereocenters. The maximum absolute atomic E-state index is 11.8. The number of fused-ring (bicyclic) bond motifs is 1. The van der Waals surface area contributed by atoms with Crippen LogP contribution in [-0.2, 0) is 4.79 Å². The SMILES string of the molecule is C=CC(=O)N1CCC(Oc2cc(-c3n[nH]c(=O)[nH]3)nc3cccnc23)C1. The quantitative estimate of drug-likeness (QED) is 0.673. The van der Waals surface area contributed by atoms with Crippen LogP contribution in [0.15, 0.2) is 41.8 Å². The lowest BCUT2D eigenvalue weighted by Gasteiger charge is -2.17. The highest BCUT2D eigenvalue weighted by molar-refractivity contribution is 5.87. The summed E-state index contributed by atoms with van der Waals surface area (Å²) in [5, 5.41) is 6.24. The molecule has 1 aliphatic rings. The molecular weight excluding hydrogens is 336 g/mol. The molecule has 9 heteroatoms. The molecule has 132 valence electrons. The number of H-pyrrole nitrogens is 2. The summed E-state index contributed by atoms with van der Waals surface area (Å²) in [6.45, 7) is 4.61. The molecule has 0 radical (unpaired) electrons. The lowest BCUT2D eigenvalue weighted by atomic mass is 10.2. The molecule has 4 rings (SSSR count). The number of nitrogens with zero attached hydrogens (tertiary/aromatic N) is 4. The molecule has 4 heterocycles. The number of hydrogen-bond donors (Lipinski definition) is 2. The van der Waals surface area contributed by atoms with Crippen LogP contribution >= 0.6 is 0 Å². The van der Waals surface area contributed by atoms with Crippen molar-refractivity contribution in [2.24, 2.45) is 0 Å². The van der Waals surface area contributed by atoms with Gasteiger partial charge in [0.15, 0.2) is 5.82 Å². The molecular formula is C17H16N6O3. The Morgan fingerprint density at radius 2 is 2.35 bits per heavy atom. The van der Waals surface area contributed by atoms with Crippen LogP contribution in [0.2, 0.25) is 0 Å². The normalized spacial score (nSPS) is 16.8. The van der Waals surface area contributed by atoms with Gasteiger partial charge in [0.05, 0.1) is 12.1 Å². The zero-order valence-corrected chi connectivity index (χ0v) is 13.8. The van der Waals surface area contributed by atoms with Crippen molar-refractivity contribution in [3.8, 4) is 17.3 Å². The maximum Gasteiger partial charge on any atom is 0.340 e.